The predicted molar refractivity (Wildman–Crippen MR) is 79.1 cm³/mol. The highest BCUT2D eigenvalue weighted by atomic mass is 32.2. The molecule has 7 nitrogen and oxygen atoms in total. The van der Waals surface area contributed by atoms with Crippen molar-refractivity contribution in [3.63, 3.8) is 0 Å². The molecule has 25 heavy (non-hydrogen) atoms. The summed E-state index contributed by atoms with van der Waals surface area (Å²) >= 11 is 0.386. The minimum atomic E-state index is -4.45. The fraction of sp³-hybridized carbons (Fsp3) is 0.308. The molecule has 0 unspecified atom stereocenters. The quantitative estimate of drug-likeness (QED) is 0.414. The minimum absolute atomic E-state index is 0.0414. The van der Waals surface area contributed by atoms with Gasteiger partial charge in [-0.1, -0.05) is 0 Å². The number of aryl methyl sites for hydroxylation is 1. The van der Waals surface area contributed by atoms with Crippen molar-refractivity contribution in [2.75, 3.05) is 5.75 Å². The average molecular weight is 381 g/mol. The minimum Gasteiger partial charge on any atom is -0.363 e. The van der Waals surface area contributed by atoms with Gasteiger partial charge in [0.1, 0.15) is 11.5 Å². The van der Waals surface area contributed by atoms with Crippen molar-refractivity contribution in [3.8, 4) is 5.69 Å². The predicted octanol–water partition coefficient (Wildman–Crippen LogP) is 1.01. The van der Waals surface area contributed by atoms with Crippen molar-refractivity contribution >= 4 is 11.8 Å². The van der Waals surface area contributed by atoms with E-state index >= 15 is 0 Å². The molecule has 0 aliphatic rings. The molecule has 0 bridgehead atoms. The number of benzene rings is 1. The molecule has 0 atom stereocenters. The Hall–Kier alpha value is -2.18. The second kappa shape index (κ2) is 6.98. The zero-order valence-electron chi connectivity index (χ0n) is 12.5. The van der Waals surface area contributed by atoms with Gasteiger partial charge < -0.3 is 10.2 Å². The summed E-state index contributed by atoms with van der Waals surface area (Å²) in [4.78, 5) is 25.0. The van der Waals surface area contributed by atoms with Gasteiger partial charge in [0.25, 0.3) is 5.56 Å². The van der Waals surface area contributed by atoms with Crippen LogP contribution in [0.4, 0.5) is 17.6 Å². The van der Waals surface area contributed by atoms with Crippen LogP contribution < -0.4 is 11.2 Å². The molecule has 0 radical (unpaired) electrons. The molecule has 0 fully saturated rings. The van der Waals surface area contributed by atoms with Crippen LogP contribution >= 0.6 is 11.8 Å². The topological polar surface area (TPSA) is 108 Å². The van der Waals surface area contributed by atoms with Crippen LogP contribution in [0.3, 0.4) is 0 Å². The van der Waals surface area contributed by atoms with E-state index in [1.165, 1.54) is 6.92 Å². The normalized spacial score (nSPS) is 12.0. The van der Waals surface area contributed by atoms with Crippen molar-refractivity contribution < 1.29 is 27.8 Å². The van der Waals surface area contributed by atoms with Crippen LogP contribution in [0.15, 0.2) is 26.6 Å². The molecule has 136 valence electrons. The number of halogens is 4. The zero-order chi connectivity index (χ0) is 18.9. The molecule has 0 aliphatic heterocycles. The largest absolute Gasteiger partial charge is 0.398 e. The highest BCUT2D eigenvalue weighted by Gasteiger charge is 2.28. The second-order valence-electron chi connectivity index (χ2n) is 4.90. The summed E-state index contributed by atoms with van der Waals surface area (Å²) in [5, 5.41) is 21.5. The Kier molecular flexibility index (Phi) is 5.34. The van der Waals surface area contributed by atoms with E-state index in [4.69, 9.17) is 10.2 Å². The van der Waals surface area contributed by atoms with Gasteiger partial charge in [0.05, 0.1) is 5.75 Å². The summed E-state index contributed by atoms with van der Waals surface area (Å²) in [5.74, 6) is -2.22. The van der Waals surface area contributed by atoms with Crippen molar-refractivity contribution in [3.05, 3.63) is 50.0 Å². The molecule has 2 rings (SSSR count). The molecule has 0 saturated carbocycles. The lowest BCUT2D eigenvalue weighted by Gasteiger charge is -2.13. The summed E-state index contributed by atoms with van der Waals surface area (Å²) in [6, 6.07) is 1.86. The van der Waals surface area contributed by atoms with Crippen molar-refractivity contribution in [2.24, 2.45) is 0 Å². The first-order valence-electron chi connectivity index (χ1n) is 6.59. The van der Waals surface area contributed by atoms with E-state index in [1.807, 2.05) is 0 Å². The van der Waals surface area contributed by atoms with Gasteiger partial charge in [-0.25, -0.2) is 9.18 Å². The SMILES string of the molecule is Cc1cc(F)c(-n2nc(C(O)O)c(=O)[nH]c2=O)cc1SCC(F)(F)F. The molecule has 0 amide bonds. The standard InChI is InChI=1S/C13H11F4N3O4S/c1-5-2-6(14)7(3-8(5)25-4-13(15,16)17)20-12(24)18-10(21)9(19-20)11(22)23/h2-3,11,22-23H,4H2,1H3,(H,18,21,24). The number of rotatable bonds is 4. The number of nitrogens with zero attached hydrogens (tertiary/aromatic N) is 2. The van der Waals surface area contributed by atoms with Crippen LogP contribution in [0, 0.1) is 12.7 Å². The fourth-order valence-electron chi connectivity index (χ4n) is 1.86. The summed E-state index contributed by atoms with van der Waals surface area (Å²) in [6.07, 6.45) is -6.78. The monoisotopic (exact) mass is 381 g/mol. The van der Waals surface area contributed by atoms with Gasteiger partial charge in [0.15, 0.2) is 5.69 Å². The molecular formula is C13H11F4N3O4S. The second-order valence-corrected chi connectivity index (χ2v) is 5.92. The van der Waals surface area contributed by atoms with Gasteiger partial charge in [0, 0.05) is 4.90 Å². The lowest BCUT2D eigenvalue weighted by Crippen LogP contribution is -2.35. The number of aliphatic hydroxyl groups is 2. The van der Waals surface area contributed by atoms with Crippen molar-refractivity contribution in [1.29, 1.82) is 0 Å². The third kappa shape index (κ3) is 4.46. The lowest BCUT2D eigenvalue weighted by atomic mass is 10.2. The van der Waals surface area contributed by atoms with E-state index in [2.05, 4.69) is 5.10 Å². The molecule has 0 saturated heterocycles. The number of aliphatic hydroxyl groups excluding tert-OH is 1. The first kappa shape index (κ1) is 19.1. The number of aromatic nitrogens is 3. The third-order valence-corrected chi connectivity index (χ3v) is 4.18. The number of hydrogen-bond donors (Lipinski definition) is 3. The summed E-state index contributed by atoms with van der Waals surface area (Å²) < 4.78 is 51.6. The van der Waals surface area contributed by atoms with Crippen LogP contribution in [-0.2, 0) is 0 Å². The van der Waals surface area contributed by atoms with E-state index in [-0.39, 0.29) is 10.5 Å². The van der Waals surface area contributed by atoms with Gasteiger partial charge >= 0.3 is 11.9 Å². The van der Waals surface area contributed by atoms with Gasteiger partial charge in [-0.05, 0) is 24.6 Å². The molecule has 1 heterocycles. The highest BCUT2D eigenvalue weighted by molar-refractivity contribution is 7.99. The molecular weight excluding hydrogens is 370 g/mol. The van der Waals surface area contributed by atoms with Crippen LogP contribution in [-0.4, -0.2) is 36.9 Å². The molecule has 0 spiro atoms. The van der Waals surface area contributed by atoms with E-state index in [9.17, 15) is 27.2 Å². The number of H-pyrrole nitrogens is 1. The van der Waals surface area contributed by atoms with E-state index < -0.39 is 46.7 Å². The lowest BCUT2D eigenvalue weighted by molar-refractivity contribution is -0.105. The zero-order valence-corrected chi connectivity index (χ0v) is 13.3. The van der Waals surface area contributed by atoms with Gasteiger partial charge in [-0.2, -0.15) is 23.0 Å². The summed E-state index contributed by atoms with van der Waals surface area (Å²) in [7, 11) is 0. The molecule has 12 heteroatoms. The Balaban J connectivity index is 2.58. The third-order valence-electron chi connectivity index (χ3n) is 2.96. The fourth-order valence-corrected chi connectivity index (χ4v) is 2.67. The number of thioether (sulfide) groups is 1. The Morgan fingerprint density at radius 3 is 2.52 bits per heavy atom. The highest BCUT2D eigenvalue weighted by Crippen LogP contribution is 2.31. The smallest absolute Gasteiger partial charge is 0.363 e. The first-order chi connectivity index (χ1) is 11.5. The Labute approximate surface area is 140 Å². The Bertz CT molecular complexity index is 908. The van der Waals surface area contributed by atoms with Crippen LogP contribution in [0.25, 0.3) is 5.69 Å². The summed E-state index contributed by atoms with van der Waals surface area (Å²) in [6.45, 7) is 1.39. The molecule has 2 aromatic rings. The first-order valence-corrected chi connectivity index (χ1v) is 7.58. The maximum atomic E-state index is 14.2. The Morgan fingerprint density at radius 2 is 1.96 bits per heavy atom. The van der Waals surface area contributed by atoms with Crippen LogP contribution in [0.2, 0.25) is 0 Å². The molecule has 0 aliphatic carbocycles. The van der Waals surface area contributed by atoms with Gasteiger partial charge in [-0.3, -0.25) is 9.78 Å². The molecule has 3 N–H and O–H groups in total. The molecule has 1 aromatic heterocycles. The van der Waals surface area contributed by atoms with E-state index in [0.717, 1.165) is 12.1 Å². The summed E-state index contributed by atoms with van der Waals surface area (Å²) in [5.41, 5.74) is -3.59. The van der Waals surface area contributed by atoms with E-state index in [1.54, 1.807) is 4.98 Å². The average Bonchev–Trinajstić information content (AvgIpc) is 2.46. The Morgan fingerprint density at radius 1 is 1.32 bits per heavy atom. The number of alkyl halides is 3. The van der Waals surface area contributed by atoms with Crippen molar-refractivity contribution in [1.82, 2.24) is 14.8 Å². The van der Waals surface area contributed by atoms with Gasteiger partial charge in [-0.15, -0.1) is 11.8 Å². The van der Waals surface area contributed by atoms with Crippen LogP contribution in [0.1, 0.15) is 17.5 Å². The number of nitrogens with one attached hydrogen (secondary N) is 1. The van der Waals surface area contributed by atoms with Gasteiger partial charge in [0.2, 0.25) is 6.29 Å². The molecule has 1 aromatic carbocycles. The number of hydrogen-bond acceptors (Lipinski definition) is 6. The maximum Gasteiger partial charge on any atom is 0.398 e. The number of aromatic amines is 1. The maximum absolute atomic E-state index is 14.2. The van der Waals surface area contributed by atoms with E-state index in [0.29, 0.717) is 16.4 Å². The van der Waals surface area contributed by atoms with Crippen molar-refractivity contribution in [2.45, 2.75) is 24.3 Å². The van der Waals surface area contributed by atoms with Crippen LogP contribution in [0.5, 0.6) is 0 Å².